The number of nitrogens with one attached hydrogen (secondary N) is 2. The highest BCUT2D eigenvalue weighted by Crippen LogP contribution is 2.15. The maximum Gasteiger partial charge on any atom is 0.252 e. The highest BCUT2D eigenvalue weighted by Gasteiger charge is 2.10. The van der Waals surface area contributed by atoms with Crippen LogP contribution in [0.25, 0.3) is 0 Å². The molecule has 0 fully saturated rings. The third-order valence-electron chi connectivity index (χ3n) is 2.62. The molecule has 1 unspecified atom stereocenters. The van der Waals surface area contributed by atoms with Gasteiger partial charge in [0.2, 0.25) is 0 Å². The van der Waals surface area contributed by atoms with Crippen LogP contribution in [-0.2, 0) is 0 Å². The Bertz CT molecular complexity index is 565. The molecule has 5 heteroatoms. The average molecular weight is 244 g/mol. The summed E-state index contributed by atoms with van der Waals surface area (Å²) in [6.07, 6.45) is 0. The van der Waals surface area contributed by atoms with Crippen molar-refractivity contribution in [3.8, 4) is 0 Å². The molecule has 4 N–H and O–H groups in total. The summed E-state index contributed by atoms with van der Waals surface area (Å²) in [5.41, 5.74) is 6.65. The van der Waals surface area contributed by atoms with Gasteiger partial charge in [0.25, 0.3) is 5.56 Å². The third kappa shape index (κ3) is 2.95. The van der Waals surface area contributed by atoms with Gasteiger partial charge in [0.15, 0.2) is 0 Å². The molecule has 0 saturated carbocycles. The first-order valence-electron chi connectivity index (χ1n) is 5.78. The van der Waals surface area contributed by atoms with Gasteiger partial charge in [0.1, 0.15) is 11.6 Å². The van der Waals surface area contributed by atoms with E-state index in [0.717, 1.165) is 5.56 Å². The largest absolute Gasteiger partial charge is 0.362 e. The Morgan fingerprint density at radius 2 is 2.11 bits per heavy atom. The molecule has 1 aromatic heterocycles. The number of nitrogens with two attached hydrogens (primary N) is 1. The maximum atomic E-state index is 11.4. The van der Waals surface area contributed by atoms with Crippen LogP contribution in [0.3, 0.4) is 0 Å². The first-order valence-corrected chi connectivity index (χ1v) is 5.78. The number of aryl methyl sites for hydroxylation is 1. The van der Waals surface area contributed by atoms with Crippen molar-refractivity contribution in [1.29, 1.82) is 0 Å². The van der Waals surface area contributed by atoms with E-state index in [4.69, 9.17) is 5.73 Å². The molecule has 0 radical (unpaired) electrons. The first kappa shape index (κ1) is 12.3. The molecule has 0 saturated heterocycles. The summed E-state index contributed by atoms with van der Waals surface area (Å²) < 4.78 is 0. The van der Waals surface area contributed by atoms with E-state index in [1.165, 1.54) is 6.07 Å². The van der Waals surface area contributed by atoms with Gasteiger partial charge >= 0.3 is 0 Å². The summed E-state index contributed by atoms with van der Waals surface area (Å²) in [5.74, 6) is 1.12. The van der Waals surface area contributed by atoms with Crippen molar-refractivity contribution in [1.82, 2.24) is 9.97 Å². The van der Waals surface area contributed by atoms with Crippen molar-refractivity contribution in [2.24, 2.45) is 5.73 Å². The number of aromatic nitrogens is 2. The minimum atomic E-state index is -0.172. The standard InChI is InChI=1S/C13H16N4O/c1-9-15-12(7-13(18)16-9)17-11(8-14)10-5-3-2-4-6-10/h2-7,11H,8,14H2,1H3,(H2,15,16,17,18). The number of nitrogens with zero attached hydrogens (tertiary/aromatic N) is 1. The summed E-state index contributed by atoms with van der Waals surface area (Å²) in [6.45, 7) is 2.17. The molecule has 0 bridgehead atoms. The van der Waals surface area contributed by atoms with Crippen molar-refractivity contribution in [2.75, 3.05) is 11.9 Å². The highest BCUT2D eigenvalue weighted by molar-refractivity contribution is 5.37. The quantitative estimate of drug-likeness (QED) is 0.754. The van der Waals surface area contributed by atoms with Crippen molar-refractivity contribution in [3.63, 3.8) is 0 Å². The lowest BCUT2D eigenvalue weighted by Crippen LogP contribution is -2.22. The van der Waals surface area contributed by atoms with E-state index in [2.05, 4.69) is 15.3 Å². The zero-order chi connectivity index (χ0) is 13.0. The molecule has 0 aliphatic rings. The van der Waals surface area contributed by atoms with Gasteiger partial charge in [-0.15, -0.1) is 0 Å². The molecule has 18 heavy (non-hydrogen) atoms. The maximum absolute atomic E-state index is 11.4. The van der Waals surface area contributed by atoms with Crippen LogP contribution in [0.15, 0.2) is 41.2 Å². The molecule has 2 aromatic rings. The van der Waals surface area contributed by atoms with E-state index in [0.29, 0.717) is 18.2 Å². The zero-order valence-corrected chi connectivity index (χ0v) is 10.2. The molecular formula is C13H16N4O. The van der Waals surface area contributed by atoms with E-state index in [1.54, 1.807) is 6.92 Å². The molecule has 2 rings (SSSR count). The van der Waals surface area contributed by atoms with Crippen LogP contribution < -0.4 is 16.6 Å². The van der Waals surface area contributed by atoms with E-state index in [1.807, 2.05) is 30.3 Å². The van der Waals surface area contributed by atoms with Crippen LogP contribution in [0.2, 0.25) is 0 Å². The fraction of sp³-hybridized carbons (Fsp3) is 0.231. The number of anilines is 1. The Balaban J connectivity index is 2.23. The SMILES string of the molecule is Cc1nc(NC(CN)c2ccccc2)cc(=O)[nH]1. The molecule has 0 amide bonds. The Morgan fingerprint density at radius 1 is 1.39 bits per heavy atom. The summed E-state index contributed by atoms with van der Waals surface area (Å²) in [5, 5.41) is 3.17. The molecule has 5 nitrogen and oxygen atoms in total. The summed E-state index contributed by atoms with van der Waals surface area (Å²) >= 11 is 0. The van der Waals surface area contributed by atoms with Crippen molar-refractivity contribution in [2.45, 2.75) is 13.0 Å². The summed E-state index contributed by atoms with van der Waals surface area (Å²) in [7, 11) is 0. The Kier molecular flexibility index (Phi) is 3.74. The molecule has 0 spiro atoms. The fourth-order valence-corrected chi connectivity index (χ4v) is 1.80. The van der Waals surface area contributed by atoms with Gasteiger partial charge in [0, 0.05) is 12.6 Å². The van der Waals surface area contributed by atoms with Crippen LogP contribution in [0.5, 0.6) is 0 Å². The Labute approximate surface area is 105 Å². The van der Waals surface area contributed by atoms with Crippen LogP contribution in [0.1, 0.15) is 17.4 Å². The normalized spacial score (nSPS) is 12.1. The summed E-state index contributed by atoms with van der Waals surface area (Å²) in [4.78, 5) is 18.2. The first-order chi connectivity index (χ1) is 8.69. The van der Waals surface area contributed by atoms with Crippen molar-refractivity contribution < 1.29 is 0 Å². The van der Waals surface area contributed by atoms with Gasteiger partial charge in [0.05, 0.1) is 6.04 Å². The monoisotopic (exact) mass is 244 g/mol. The minimum absolute atomic E-state index is 0.0556. The van der Waals surface area contributed by atoms with E-state index in [-0.39, 0.29) is 11.6 Å². The number of hydrogen-bond acceptors (Lipinski definition) is 4. The Hall–Kier alpha value is -2.14. The lowest BCUT2D eigenvalue weighted by atomic mass is 10.1. The van der Waals surface area contributed by atoms with E-state index in [9.17, 15) is 4.79 Å². The lowest BCUT2D eigenvalue weighted by Gasteiger charge is -2.17. The smallest absolute Gasteiger partial charge is 0.252 e. The predicted molar refractivity (Wildman–Crippen MR) is 71.5 cm³/mol. The zero-order valence-electron chi connectivity index (χ0n) is 10.2. The lowest BCUT2D eigenvalue weighted by molar-refractivity contribution is 0.780. The molecule has 0 aliphatic carbocycles. The Morgan fingerprint density at radius 3 is 2.72 bits per heavy atom. The minimum Gasteiger partial charge on any atom is -0.362 e. The molecule has 1 atom stereocenters. The van der Waals surface area contributed by atoms with Crippen LogP contribution in [-0.4, -0.2) is 16.5 Å². The third-order valence-corrected chi connectivity index (χ3v) is 2.62. The number of benzene rings is 1. The molecule has 1 aromatic carbocycles. The van der Waals surface area contributed by atoms with Crippen LogP contribution in [0.4, 0.5) is 5.82 Å². The average Bonchev–Trinajstić information content (AvgIpc) is 2.36. The second-order valence-electron chi connectivity index (χ2n) is 4.06. The van der Waals surface area contributed by atoms with E-state index < -0.39 is 0 Å². The topological polar surface area (TPSA) is 83.8 Å². The van der Waals surface area contributed by atoms with Gasteiger partial charge in [-0.2, -0.15) is 0 Å². The van der Waals surface area contributed by atoms with Gasteiger partial charge in [-0.25, -0.2) is 4.98 Å². The van der Waals surface area contributed by atoms with Crippen molar-refractivity contribution >= 4 is 5.82 Å². The van der Waals surface area contributed by atoms with Gasteiger partial charge in [-0.05, 0) is 12.5 Å². The second-order valence-corrected chi connectivity index (χ2v) is 4.06. The number of aromatic amines is 1. The molecule has 1 heterocycles. The predicted octanol–water partition coefficient (Wildman–Crippen LogP) is 1.19. The molecule has 94 valence electrons. The fourth-order valence-electron chi connectivity index (χ4n) is 1.80. The molecular weight excluding hydrogens is 228 g/mol. The van der Waals surface area contributed by atoms with Gasteiger partial charge in [-0.1, -0.05) is 30.3 Å². The number of H-pyrrole nitrogens is 1. The van der Waals surface area contributed by atoms with Crippen LogP contribution >= 0.6 is 0 Å². The molecule has 0 aliphatic heterocycles. The van der Waals surface area contributed by atoms with Crippen LogP contribution in [0, 0.1) is 6.92 Å². The van der Waals surface area contributed by atoms with Gasteiger partial charge in [-0.3, -0.25) is 4.79 Å². The number of rotatable bonds is 4. The van der Waals surface area contributed by atoms with Crippen molar-refractivity contribution in [3.05, 3.63) is 58.1 Å². The second kappa shape index (κ2) is 5.46. The number of hydrogen-bond donors (Lipinski definition) is 3. The highest BCUT2D eigenvalue weighted by atomic mass is 16.1. The summed E-state index contributed by atoms with van der Waals surface area (Å²) in [6, 6.07) is 11.2. The van der Waals surface area contributed by atoms with Gasteiger partial charge < -0.3 is 16.0 Å². The van der Waals surface area contributed by atoms with E-state index >= 15 is 0 Å².